The maximum Gasteiger partial charge on any atom is -0.00994 e. The molecule has 206 valence electrons. The first-order valence-electron chi connectivity index (χ1n) is 15.2. The Hall–Kier alpha value is -5.72. The molecule has 0 aliphatic carbocycles. The summed E-state index contributed by atoms with van der Waals surface area (Å²) >= 11 is 0. The molecule has 0 N–H and O–H groups in total. The molecule has 0 radical (unpaired) electrons. The van der Waals surface area contributed by atoms with E-state index in [1.54, 1.807) is 0 Å². The van der Waals surface area contributed by atoms with E-state index in [1.165, 1.54) is 76.5 Å². The topological polar surface area (TPSA) is 0 Å². The van der Waals surface area contributed by atoms with E-state index in [-0.39, 0.29) is 0 Å². The Labute approximate surface area is 257 Å². The van der Waals surface area contributed by atoms with Crippen molar-refractivity contribution in [3.63, 3.8) is 0 Å². The number of allylic oxidation sites excluding steroid dienone is 2. The Morgan fingerprint density at radius 2 is 0.659 bits per heavy atom. The third-order valence-corrected chi connectivity index (χ3v) is 8.70. The SMILES string of the molecule is C(C=C(c1ccc2ccccc2c1)c1cccc2ccccc12)=C(c1ccc2ccccc2c1)c1cccc2ccccc12. The van der Waals surface area contributed by atoms with Crippen LogP contribution in [0.2, 0.25) is 0 Å². The standard InChI is InChI=1S/C44H30/c1-3-15-35-29-37(25-23-31(35)11-1)41(43-21-9-17-33-13-5-7-19-39(33)43)27-28-42(38-26-24-32-12-2-4-16-36(32)30-38)44-22-10-18-34-14-6-8-20-40(34)44/h1-30H. The number of hydrogen-bond acceptors (Lipinski definition) is 0. The van der Waals surface area contributed by atoms with Crippen LogP contribution in [0.5, 0.6) is 0 Å². The third kappa shape index (κ3) is 4.77. The van der Waals surface area contributed by atoms with E-state index in [9.17, 15) is 0 Å². The van der Waals surface area contributed by atoms with Gasteiger partial charge in [-0.3, -0.25) is 0 Å². The Balaban J connectivity index is 1.42. The number of benzene rings is 8. The van der Waals surface area contributed by atoms with Crippen LogP contribution in [0, 0.1) is 0 Å². The summed E-state index contributed by atoms with van der Waals surface area (Å²) in [6, 6.07) is 61.5. The third-order valence-electron chi connectivity index (χ3n) is 8.70. The summed E-state index contributed by atoms with van der Waals surface area (Å²) in [5, 5.41) is 9.95. The molecular weight excluding hydrogens is 528 g/mol. The average molecular weight is 559 g/mol. The molecule has 0 spiro atoms. The molecule has 0 saturated heterocycles. The van der Waals surface area contributed by atoms with Gasteiger partial charge in [0.25, 0.3) is 0 Å². The molecule has 0 aliphatic heterocycles. The van der Waals surface area contributed by atoms with Gasteiger partial charge in [-0.25, -0.2) is 0 Å². The lowest BCUT2D eigenvalue weighted by molar-refractivity contribution is 1.58. The Morgan fingerprint density at radius 3 is 1.11 bits per heavy atom. The fourth-order valence-corrected chi connectivity index (χ4v) is 6.48. The van der Waals surface area contributed by atoms with Crippen LogP contribution in [0.1, 0.15) is 22.3 Å². The van der Waals surface area contributed by atoms with Gasteiger partial charge in [-0.15, -0.1) is 0 Å². The average Bonchev–Trinajstić information content (AvgIpc) is 3.09. The fraction of sp³-hybridized carbons (Fsp3) is 0. The Morgan fingerprint density at radius 1 is 0.295 bits per heavy atom. The van der Waals surface area contributed by atoms with Gasteiger partial charge in [0.2, 0.25) is 0 Å². The monoisotopic (exact) mass is 558 g/mol. The molecular formula is C44H30. The van der Waals surface area contributed by atoms with E-state index in [4.69, 9.17) is 0 Å². The molecule has 44 heavy (non-hydrogen) atoms. The van der Waals surface area contributed by atoms with Crippen molar-refractivity contribution in [2.45, 2.75) is 0 Å². The summed E-state index contributed by atoms with van der Waals surface area (Å²) in [6.45, 7) is 0. The van der Waals surface area contributed by atoms with Gasteiger partial charge in [0, 0.05) is 0 Å². The second-order valence-corrected chi connectivity index (χ2v) is 11.3. The van der Waals surface area contributed by atoms with Crippen molar-refractivity contribution in [1.29, 1.82) is 0 Å². The van der Waals surface area contributed by atoms with Crippen LogP contribution < -0.4 is 0 Å². The molecule has 0 fully saturated rings. The first-order chi connectivity index (χ1) is 21.8. The summed E-state index contributed by atoms with van der Waals surface area (Å²) in [4.78, 5) is 0. The van der Waals surface area contributed by atoms with Gasteiger partial charge in [-0.2, -0.15) is 0 Å². The maximum absolute atomic E-state index is 2.33. The highest BCUT2D eigenvalue weighted by Crippen LogP contribution is 2.35. The van der Waals surface area contributed by atoms with Crippen molar-refractivity contribution in [1.82, 2.24) is 0 Å². The van der Waals surface area contributed by atoms with Gasteiger partial charge in [-0.05, 0) is 88.6 Å². The van der Waals surface area contributed by atoms with E-state index in [0.29, 0.717) is 0 Å². The van der Waals surface area contributed by atoms with Crippen molar-refractivity contribution in [2.75, 3.05) is 0 Å². The molecule has 8 rings (SSSR count). The van der Waals surface area contributed by atoms with Gasteiger partial charge >= 0.3 is 0 Å². The zero-order valence-corrected chi connectivity index (χ0v) is 24.3. The van der Waals surface area contributed by atoms with Crippen LogP contribution in [-0.2, 0) is 0 Å². The largest absolute Gasteiger partial charge is 0.0616 e. The van der Waals surface area contributed by atoms with E-state index >= 15 is 0 Å². The summed E-state index contributed by atoms with van der Waals surface area (Å²) < 4.78 is 0. The van der Waals surface area contributed by atoms with Crippen molar-refractivity contribution < 1.29 is 0 Å². The molecule has 0 heterocycles. The predicted octanol–water partition coefficient (Wildman–Crippen LogP) is 11.9. The lowest BCUT2D eigenvalue weighted by Crippen LogP contribution is -1.93. The molecule has 8 aromatic carbocycles. The zero-order chi connectivity index (χ0) is 29.3. The number of fused-ring (bicyclic) bond motifs is 4. The lowest BCUT2D eigenvalue weighted by atomic mass is 9.89. The van der Waals surface area contributed by atoms with Crippen molar-refractivity contribution in [3.8, 4) is 0 Å². The first-order valence-corrected chi connectivity index (χ1v) is 15.2. The normalized spacial score (nSPS) is 12.4. The molecule has 0 nitrogen and oxygen atoms in total. The smallest absolute Gasteiger partial charge is 0.00994 e. The van der Waals surface area contributed by atoms with E-state index in [0.717, 1.165) is 0 Å². The molecule has 0 heteroatoms. The molecule has 0 bridgehead atoms. The maximum atomic E-state index is 2.33. The Kier molecular flexibility index (Phi) is 6.59. The van der Waals surface area contributed by atoms with E-state index in [2.05, 4.69) is 182 Å². The molecule has 0 atom stereocenters. The van der Waals surface area contributed by atoms with Gasteiger partial charge < -0.3 is 0 Å². The Bertz CT molecular complexity index is 2200. The van der Waals surface area contributed by atoms with Crippen LogP contribution in [0.25, 0.3) is 54.2 Å². The van der Waals surface area contributed by atoms with Gasteiger partial charge in [0.15, 0.2) is 0 Å². The summed E-state index contributed by atoms with van der Waals surface area (Å²) in [5.41, 5.74) is 7.26. The second kappa shape index (κ2) is 11.2. The fourth-order valence-electron chi connectivity index (χ4n) is 6.48. The van der Waals surface area contributed by atoms with E-state index in [1.807, 2.05) is 0 Å². The molecule has 0 aromatic heterocycles. The zero-order valence-electron chi connectivity index (χ0n) is 24.3. The highest BCUT2D eigenvalue weighted by Gasteiger charge is 2.13. The van der Waals surface area contributed by atoms with Crippen LogP contribution >= 0.6 is 0 Å². The second-order valence-electron chi connectivity index (χ2n) is 11.3. The van der Waals surface area contributed by atoms with Gasteiger partial charge in [-0.1, -0.05) is 170 Å². The number of hydrogen-bond donors (Lipinski definition) is 0. The molecule has 0 aliphatic rings. The summed E-state index contributed by atoms with van der Waals surface area (Å²) in [7, 11) is 0. The molecule has 0 unspecified atom stereocenters. The summed E-state index contributed by atoms with van der Waals surface area (Å²) in [6.07, 6.45) is 4.66. The lowest BCUT2D eigenvalue weighted by Gasteiger charge is -2.15. The minimum atomic E-state index is 1.20. The van der Waals surface area contributed by atoms with Crippen LogP contribution in [-0.4, -0.2) is 0 Å². The van der Waals surface area contributed by atoms with Crippen LogP contribution in [0.15, 0.2) is 182 Å². The highest BCUT2D eigenvalue weighted by molar-refractivity contribution is 6.03. The predicted molar refractivity (Wildman–Crippen MR) is 190 cm³/mol. The highest BCUT2D eigenvalue weighted by atomic mass is 14.2. The quantitative estimate of drug-likeness (QED) is 0.184. The molecule has 8 aromatic rings. The van der Waals surface area contributed by atoms with Crippen LogP contribution in [0.4, 0.5) is 0 Å². The number of rotatable bonds is 5. The summed E-state index contributed by atoms with van der Waals surface area (Å²) in [5.74, 6) is 0. The van der Waals surface area contributed by atoms with Crippen molar-refractivity contribution in [3.05, 3.63) is 204 Å². The minimum Gasteiger partial charge on any atom is -0.0616 e. The van der Waals surface area contributed by atoms with Crippen LogP contribution in [0.3, 0.4) is 0 Å². The van der Waals surface area contributed by atoms with Gasteiger partial charge in [0.1, 0.15) is 0 Å². The van der Waals surface area contributed by atoms with Gasteiger partial charge in [0.05, 0.1) is 0 Å². The van der Waals surface area contributed by atoms with Crippen molar-refractivity contribution >= 4 is 54.2 Å². The first kappa shape index (κ1) is 25.9. The van der Waals surface area contributed by atoms with Crippen molar-refractivity contribution in [2.24, 2.45) is 0 Å². The molecule has 0 saturated carbocycles. The minimum absolute atomic E-state index is 1.20. The van der Waals surface area contributed by atoms with E-state index < -0.39 is 0 Å². The molecule has 0 amide bonds.